The van der Waals surface area contributed by atoms with E-state index in [1.165, 1.54) is 6.20 Å². The van der Waals surface area contributed by atoms with Crippen LogP contribution in [0, 0.1) is 11.3 Å². The molecular weight excluding hydrogens is 284 g/mol. The monoisotopic (exact) mass is 296 g/mol. The van der Waals surface area contributed by atoms with Gasteiger partial charge < -0.3 is 10.6 Å². The van der Waals surface area contributed by atoms with Crippen molar-refractivity contribution in [2.75, 3.05) is 23.3 Å². The van der Waals surface area contributed by atoms with Crippen LogP contribution >= 0.6 is 0 Å². The van der Waals surface area contributed by atoms with Crippen molar-refractivity contribution in [1.82, 2.24) is 25.9 Å². The van der Waals surface area contributed by atoms with Crippen molar-refractivity contribution in [2.45, 2.75) is 0 Å². The second-order valence-corrected chi connectivity index (χ2v) is 4.45. The van der Waals surface area contributed by atoms with Crippen LogP contribution in [-0.4, -0.2) is 39.7 Å². The Morgan fingerprint density at radius 1 is 1.45 bits per heavy atom. The minimum atomic E-state index is -0.142. The minimum Gasteiger partial charge on any atom is -0.359 e. The number of urea groups is 1. The van der Waals surface area contributed by atoms with E-state index in [0.29, 0.717) is 18.8 Å². The number of allylic oxidation sites excluding steroid dienone is 1. The third kappa shape index (κ3) is 2.57. The first kappa shape index (κ1) is 13.6. The lowest BCUT2D eigenvalue weighted by Gasteiger charge is -2.18. The predicted molar refractivity (Wildman–Crippen MR) is 78.6 cm³/mol. The second-order valence-electron chi connectivity index (χ2n) is 4.45. The number of carbonyl (C=O) groups excluding carboxylic acids is 1. The Bertz CT molecular complexity index is 746. The number of nitrogens with one attached hydrogen (secondary N) is 3. The number of tetrazole rings is 1. The van der Waals surface area contributed by atoms with Crippen LogP contribution in [-0.2, 0) is 0 Å². The summed E-state index contributed by atoms with van der Waals surface area (Å²) in [6, 6.07) is 9.20. The number of benzene rings is 1. The zero-order chi connectivity index (χ0) is 15.4. The summed E-state index contributed by atoms with van der Waals surface area (Å²) < 4.78 is 0. The van der Waals surface area contributed by atoms with Crippen LogP contribution in [0.4, 0.5) is 16.2 Å². The molecule has 22 heavy (non-hydrogen) atoms. The number of hydrogen-bond acceptors (Lipinski definition) is 6. The number of anilines is 2. The fourth-order valence-corrected chi connectivity index (χ4v) is 2.11. The molecule has 1 aromatic heterocycles. The first-order valence-corrected chi connectivity index (χ1v) is 6.54. The number of nitriles is 1. The van der Waals surface area contributed by atoms with Gasteiger partial charge in [-0.05, 0) is 17.3 Å². The van der Waals surface area contributed by atoms with Crippen LogP contribution in [0.2, 0.25) is 0 Å². The largest absolute Gasteiger partial charge is 0.359 e. The Labute approximate surface area is 125 Å². The number of aromatic amines is 1. The highest BCUT2D eigenvalue weighted by Crippen LogP contribution is 2.27. The first-order valence-electron chi connectivity index (χ1n) is 6.54. The Kier molecular flexibility index (Phi) is 3.65. The number of H-pyrrole nitrogens is 1. The molecule has 1 aliphatic heterocycles. The van der Waals surface area contributed by atoms with E-state index in [0.717, 1.165) is 5.69 Å². The summed E-state index contributed by atoms with van der Waals surface area (Å²) in [5, 5.41) is 28.2. The van der Waals surface area contributed by atoms with Crippen molar-refractivity contribution in [3.8, 4) is 6.07 Å². The van der Waals surface area contributed by atoms with Gasteiger partial charge in [-0.15, -0.1) is 10.2 Å². The quantitative estimate of drug-likeness (QED) is 0.714. The fraction of sp³-hybridized carbons (Fsp3) is 0.154. The van der Waals surface area contributed by atoms with Crippen LogP contribution in [0.1, 0.15) is 5.82 Å². The third-order valence-corrected chi connectivity index (χ3v) is 3.13. The van der Waals surface area contributed by atoms with Crippen LogP contribution in [0.5, 0.6) is 0 Å². The molecule has 0 unspecified atom stereocenters. The molecule has 1 aliphatic rings. The van der Waals surface area contributed by atoms with E-state index in [1.54, 1.807) is 4.90 Å². The Hall–Kier alpha value is -3.41. The van der Waals surface area contributed by atoms with Gasteiger partial charge in [0.25, 0.3) is 0 Å². The van der Waals surface area contributed by atoms with Gasteiger partial charge in [0.1, 0.15) is 11.6 Å². The van der Waals surface area contributed by atoms with E-state index in [9.17, 15) is 4.79 Å². The SMILES string of the molecule is N#CC(=CNc1ccccc1N1CCNC1=O)c1nn[nH]n1. The lowest BCUT2D eigenvalue weighted by Crippen LogP contribution is -2.28. The fourth-order valence-electron chi connectivity index (χ4n) is 2.11. The molecule has 0 aliphatic carbocycles. The summed E-state index contributed by atoms with van der Waals surface area (Å²) in [5.74, 6) is 0.200. The van der Waals surface area contributed by atoms with E-state index in [2.05, 4.69) is 31.3 Å². The van der Waals surface area contributed by atoms with Crippen molar-refractivity contribution >= 4 is 23.0 Å². The van der Waals surface area contributed by atoms with Crippen LogP contribution < -0.4 is 15.5 Å². The number of aromatic nitrogens is 4. The van der Waals surface area contributed by atoms with E-state index < -0.39 is 0 Å². The molecule has 9 heteroatoms. The molecule has 0 bridgehead atoms. The molecular formula is C13H12N8O. The standard InChI is InChI=1S/C13H12N8O/c14-7-9(12-17-19-20-18-12)8-16-10-3-1-2-4-11(10)21-6-5-15-13(21)22/h1-4,8,16H,5-6H2,(H,15,22)(H,17,18,19,20). The molecule has 3 rings (SSSR count). The Balaban J connectivity index is 1.87. The minimum absolute atomic E-state index is 0.142. The zero-order valence-electron chi connectivity index (χ0n) is 11.4. The summed E-state index contributed by atoms with van der Waals surface area (Å²) in [6.07, 6.45) is 1.48. The van der Waals surface area contributed by atoms with E-state index in [4.69, 9.17) is 5.26 Å². The molecule has 9 nitrogen and oxygen atoms in total. The Morgan fingerprint density at radius 2 is 2.32 bits per heavy atom. The maximum absolute atomic E-state index is 11.8. The number of rotatable bonds is 4. The average Bonchev–Trinajstić information content (AvgIpc) is 3.20. The molecule has 0 saturated carbocycles. The van der Waals surface area contributed by atoms with Crippen molar-refractivity contribution < 1.29 is 4.79 Å². The second kappa shape index (κ2) is 5.92. The van der Waals surface area contributed by atoms with Crippen molar-refractivity contribution in [3.05, 3.63) is 36.3 Å². The van der Waals surface area contributed by atoms with E-state index >= 15 is 0 Å². The Morgan fingerprint density at radius 3 is 3.00 bits per heavy atom. The van der Waals surface area contributed by atoms with Crippen LogP contribution in [0.15, 0.2) is 30.5 Å². The van der Waals surface area contributed by atoms with Crippen molar-refractivity contribution in [2.24, 2.45) is 0 Å². The van der Waals surface area contributed by atoms with Crippen LogP contribution in [0.3, 0.4) is 0 Å². The highest BCUT2D eigenvalue weighted by molar-refractivity contribution is 5.97. The average molecular weight is 296 g/mol. The highest BCUT2D eigenvalue weighted by atomic mass is 16.2. The normalized spacial score (nSPS) is 14.6. The zero-order valence-corrected chi connectivity index (χ0v) is 11.4. The summed E-state index contributed by atoms with van der Waals surface area (Å²) in [4.78, 5) is 13.4. The summed E-state index contributed by atoms with van der Waals surface area (Å²) in [5.41, 5.74) is 1.67. The molecule has 2 heterocycles. The molecule has 110 valence electrons. The van der Waals surface area contributed by atoms with Crippen molar-refractivity contribution in [1.29, 1.82) is 5.26 Å². The maximum atomic E-state index is 11.8. The summed E-state index contributed by atoms with van der Waals surface area (Å²) in [6.45, 7) is 1.20. The topological polar surface area (TPSA) is 123 Å². The predicted octanol–water partition coefficient (Wildman–Crippen LogP) is 0.706. The molecule has 2 aromatic rings. The van der Waals surface area contributed by atoms with Gasteiger partial charge in [0.05, 0.1) is 11.4 Å². The van der Waals surface area contributed by atoms with Gasteiger partial charge in [-0.3, -0.25) is 4.90 Å². The van der Waals surface area contributed by atoms with Gasteiger partial charge in [-0.25, -0.2) is 4.79 Å². The van der Waals surface area contributed by atoms with Gasteiger partial charge >= 0.3 is 6.03 Å². The molecule has 0 spiro atoms. The van der Waals surface area contributed by atoms with Gasteiger partial charge in [0.2, 0.25) is 5.82 Å². The van der Waals surface area contributed by atoms with Gasteiger partial charge in [-0.2, -0.15) is 10.5 Å². The number of amides is 2. The number of hydrogen-bond donors (Lipinski definition) is 3. The lowest BCUT2D eigenvalue weighted by molar-refractivity contribution is 0.252. The maximum Gasteiger partial charge on any atom is 0.322 e. The molecule has 0 atom stereocenters. The van der Waals surface area contributed by atoms with Gasteiger partial charge in [0.15, 0.2) is 0 Å². The lowest BCUT2D eigenvalue weighted by atomic mass is 10.2. The summed E-state index contributed by atoms with van der Waals surface area (Å²) >= 11 is 0. The number of carbonyl (C=O) groups is 1. The molecule has 3 N–H and O–H groups in total. The smallest absolute Gasteiger partial charge is 0.322 e. The molecule has 1 saturated heterocycles. The summed E-state index contributed by atoms with van der Waals surface area (Å²) in [7, 11) is 0. The van der Waals surface area contributed by atoms with Crippen LogP contribution in [0.25, 0.3) is 5.57 Å². The first-order chi connectivity index (χ1) is 10.8. The van der Waals surface area contributed by atoms with Gasteiger partial charge in [0, 0.05) is 19.3 Å². The number of nitrogens with zero attached hydrogens (tertiary/aromatic N) is 5. The van der Waals surface area contributed by atoms with E-state index in [-0.39, 0.29) is 17.4 Å². The number of para-hydroxylation sites is 2. The molecule has 1 aromatic carbocycles. The van der Waals surface area contributed by atoms with Crippen molar-refractivity contribution in [3.63, 3.8) is 0 Å². The molecule has 0 radical (unpaired) electrons. The third-order valence-electron chi connectivity index (χ3n) is 3.13. The van der Waals surface area contributed by atoms with E-state index in [1.807, 2.05) is 30.3 Å². The molecule has 1 fully saturated rings. The van der Waals surface area contributed by atoms with Gasteiger partial charge in [-0.1, -0.05) is 12.1 Å². The molecule has 2 amide bonds. The highest BCUT2D eigenvalue weighted by Gasteiger charge is 2.23.